The van der Waals surface area contributed by atoms with E-state index in [1.807, 2.05) is 38.1 Å². The van der Waals surface area contributed by atoms with Gasteiger partial charge in [0, 0.05) is 41.4 Å². The Labute approximate surface area is 155 Å². The number of carbonyl (C=O) groups is 1. The van der Waals surface area contributed by atoms with Crippen molar-refractivity contribution in [2.75, 3.05) is 33.2 Å². The minimum Gasteiger partial charge on any atom is -0.316 e. The third-order valence-electron chi connectivity index (χ3n) is 3.75. The topological polar surface area (TPSA) is 32.3 Å². The van der Waals surface area contributed by atoms with Gasteiger partial charge in [0.15, 0.2) is 0 Å². The molecule has 2 saturated heterocycles. The monoisotopic (exact) mass is 368 g/mol. The number of halogens is 1. The molecule has 2 aliphatic rings. The number of thioether (sulfide) groups is 1. The fraction of sp³-hybridized carbons (Fsp3) is 0.526. The Bertz CT molecular complexity index is 481. The van der Waals surface area contributed by atoms with E-state index >= 15 is 0 Å². The second-order valence-corrected chi connectivity index (χ2v) is 7.19. The predicted octanol–water partition coefficient (Wildman–Crippen LogP) is 4.33. The van der Waals surface area contributed by atoms with Crippen LogP contribution in [0.3, 0.4) is 0 Å². The highest BCUT2D eigenvalue weighted by Gasteiger charge is 2.19. The first-order valence-corrected chi connectivity index (χ1v) is 9.86. The average molecular weight is 369 g/mol. The molecule has 3 rings (SSSR count). The van der Waals surface area contributed by atoms with Crippen molar-refractivity contribution >= 4 is 29.6 Å². The first kappa shape index (κ1) is 21.2. The van der Waals surface area contributed by atoms with Crippen LogP contribution in [0.5, 0.6) is 0 Å². The second kappa shape index (κ2) is 12.5. The van der Waals surface area contributed by atoms with Crippen molar-refractivity contribution in [1.29, 1.82) is 0 Å². The molecule has 0 amide bonds. The summed E-state index contributed by atoms with van der Waals surface area (Å²) in [7, 11) is 2.15. The van der Waals surface area contributed by atoms with E-state index in [0.29, 0.717) is 5.92 Å². The molecular weight excluding hydrogens is 340 g/mol. The van der Waals surface area contributed by atoms with E-state index in [-0.39, 0.29) is 0 Å². The van der Waals surface area contributed by atoms with Crippen molar-refractivity contribution in [3.05, 3.63) is 40.8 Å². The van der Waals surface area contributed by atoms with Crippen LogP contribution in [-0.4, -0.2) is 44.4 Å². The summed E-state index contributed by atoms with van der Waals surface area (Å²) in [5.74, 6) is 1.05. The van der Waals surface area contributed by atoms with E-state index in [1.54, 1.807) is 11.8 Å². The smallest absolute Gasteiger partial charge is 0.124 e. The van der Waals surface area contributed by atoms with Gasteiger partial charge < -0.3 is 15.0 Å². The Morgan fingerprint density at radius 2 is 1.88 bits per heavy atom. The third kappa shape index (κ3) is 8.34. The van der Waals surface area contributed by atoms with Crippen LogP contribution in [0.25, 0.3) is 0 Å². The lowest BCUT2D eigenvalue weighted by Crippen LogP contribution is -2.42. The van der Waals surface area contributed by atoms with Gasteiger partial charge in [-0.3, -0.25) is 0 Å². The molecule has 1 aromatic carbocycles. The number of hydrogen-bond donors (Lipinski definition) is 1. The third-order valence-corrected chi connectivity index (χ3v) is 4.84. The molecule has 1 atom stereocenters. The van der Waals surface area contributed by atoms with Gasteiger partial charge in [-0.05, 0) is 49.7 Å². The van der Waals surface area contributed by atoms with Crippen molar-refractivity contribution in [2.24, 2.45) is 11.8 Å². The number of aldehydes is 1. The largest absolute Gasteiger partial charge is 0.316 e. The molecule has 24 heavy (non-hydrogen) atoms. The van der Waals surface area contributed by atoms with Gasteiger partial charge in [0.05, 0.1) is 0 Å². The lowest BCUT2D eigenvalue weighted by Gasteiger charge is -2.33. The quantitative estimate of drug-likeness (QED) is 0.633. The molecule has 2 aliphatic heterocycles. The average Bonchev–Trinajstić information content (AvgIpc) is 3.11. The molecular formula is C19H29ClN2OS. The number of nitrogens with zero attached hydrogens (tertiary/aromatic N) is 1. The zero-order valence-electron chi connectivity index (χ0n) is 14.9. The van der Waals surface area contributed by atoms with Gasteiger partial charge in [0.2, 0.25) is 0 Å². The number of carbonyl (C=O) groups excluding carboxylic acids is 1. The first-order chi connectivity index (χ1) is 11.7. The molecule has 0 aliphatic carbocycles. The van der Waals surface area contributed by atoms with Gasteiger partial charge in [-0.15, -0.1) is 0 Å². The van der Waals surface area contributed by atoms with Crippen LogP contribution in [0.4, 0.5) is 0 Å². The van der Waals surface area contributed by atoms with Gasteiger partial charge >= 0.3 is 0 Å². The summed E-state index contributed by atoms with van der Waals surface area (Å²) in [6.45, 7) is 8.29. The van der Waals surface area contributed by atoms with Gasteiger partial charge in [-0.25, -0.2) is 0 Å². The summed E-state index contributed by atoms with van der Waals surface area (Å²) in [6, 6.07) is 7.94. The van der Waals surface area contributed by atoms with Crippen LogP contribution in [0.1, 0.15) is 20.3 Å². The molecule has 5 heteroatoms. The summed E-state index contributed by atoms with van der Waals surface area (Å²) < 4.78 is 0. The fourth-order valence-electron chi connectivity index (χ4n) is 2.40. The first-order valence-electron chi connectivity index (χ1n) is 8.61. The zero-order valence-corrected chi connectivity index (χ0v) is 16.4. The Balaban J connectivity index is 0.000000268. The molecule has 1 N–H and O–H groups in total. The van der Waals surface area contributed by atoms with Gasteiger partial charge in [0.1, 0.15) is 6.29 Å². The molecule has 0 aromatic heterocycles. The van der Waals surface area contributed by atoms with E-state index in [1.165, 1.54) is 18.0 Å². The number of likely N-dealkylation sites (tertiary alicyclic amines) is 1. The normalized spacial score (nSPS) is 20.6. The molecule has 2 fully saturated rings. The minimum atomic E-state index is 0.306. The maximum atomic E-state index is 9.97. The van der Waals surface area contributed by atoms with Crippen LogP contribution in [0.2, 0.25) is 5.02 Å². The molecule has 2 heterocycles. The highest BCUT2D eigenvalue weighted by Crippen LogP contribution is 2.23. The van der Waals surface area contributed by atoms with E-state index in [2.05, 4.69) is 28.7 Å². The summed E-state index contributed by atoms with van der Waals surface area (Å²) in [4.78, 5) is 13.5. The van der Waals surface area contributed by atoms with Crippen molar-refractivity contribution in [3.8, 4) is 0 Å². The van der Waals surface area contributed by atoms with Crippen molar-refractivity contribution in [3.63, 3.8) is 0 Å². The number of hydrogen-bond acceptors (Lipinski definition) is 4. The van der Waals surface area contributed by atoms with E-state index in [0.717, 1.165) is 36.7 Å². The number of benzene rings is 1. The van der Waals surface area contributed by atoms with Gasteiger partial charge in [-0.2, -0.15) is 0 Å². The van der Waals surface area contributed by atoms with Gasteiger partial charge in [0.25, 0.3) is 0 Å². The van der Waals surface area contributed by atoms with Crippen LogP contribution >= 0.6 is 23.4 Å². The predicted molar refractivity (Wildman–Crippen MR) is 106 cm³/mol. The molecule has 0 saturated carbocycles. The SMILES string of the molecule is CC.CN1CC(/C=C/Sc2ccc(Cl)cc2)C1.O=CC1CCNC1. The van der Waals surface area contributed by atoms with Crippen LogP contribution in [-0.2, 0) is 4.79 Å². The Hall–Kier alpha value is -0.810. The molecule has 0 bridgehead atoms. The second-order valence-electron chi connectivity index (χ2n) is 5.77. The Morgan fingerprint density at radius 1 is 1.21 bits per heavy atom. The summed E-state index contributed by atoms with van der Waals surface area (Å²) in [6.07, 6.45) is 4.35. The highest BCUT2D eigenvalue weighted by atomic mass is 35.5. The van der Waals surface area contributed by atoms with Crippen molar-refractivity contribution in [1.82, 2.24) is 10.2 Å². The maximum Gasteiger partial charge on any atom is 0.124 e. The number of rotatable bonds is 4. The Kier molecular flexibility index (Phi) is 11.1. The Morgan fingerprint density at radius 3 is 2.33 bits per heavy atom. The summed E-state index contributed by atoms with van der Waals surface area (Å²) in [5.41, 5.74) is 0. The lowest BCUT2D eigenvalue weighted by atomic mass is 10.0. The van der Waals surface area contributed by atoms with Crippen LogP contribution in [0, 0.1) is 11.8 Å². The fourth-order valence-corrected chi connectivity index (χ4v) is 3.28. The number of nitrogens with one attached hydrogen (secondary N) is 1. The molecule has 1 aromatic rings. The van der Waals surface area contributed by atoms with E-state index in [4.69, 9.17) is 11.6 Å². The van der Waals surface area contributed by atoms with Gasteiger partial charge in [-0.1, -0.05) is 43.3 Å². The van der Waals surface area contributed by atoms with E-state index < -0.39 is 0 Å². The van der Waals surface area contributed by atoms with Crippen molar-refractivity contribution < 1.29 is 4.79 Å². The zero-order chi connectivity index (χ0) is 17.8. The summed E-state index contributed by atoms with van der Waals surface area (Å²) in [5, 5.41) is 6.07. The molecule has 1 unspecified atom stereocenters. The van der Waals surface area contributed by atoms with E-state index in [9.17, 15) is 4.79 Å². The lowest BCUT2D eigenvalue weighted by molar-refractivity contribution is -0.110. The minimum absolute atomic E-state index is 0.306. The molecule has 0 spiro atoms. The molecule has 0 radical (unpaired) electrons. The van der Waals surface area contributed by atoms with Crippen LogP contribution < -0.4 is 5.32 Å². The molecule has 3 nitrogen and oxygen atoms in total. The standard InChI is InChI=1S/C12H14ClNS.C5H9NO.C2H6/c1-14-8-10(9-14)6-7-15-12-4-2-11(13)3-5-12;7-4-5-1-2-6-3-5;1-2/h2-7,10H,8-9H2,1H3;4-6H,1-3H2;1-2H3/b7-6+;;. The molecule has 134 valence electrons. The highest BCUT2D eigenvalue weighted by molar-refractivity contribution is 8.02. The maximum absolute atomic E-state index is 9.97. The van der Waals surface area contributed by atoms with Crippen molar-refractivity contribution in [2.45, 2.75) is 25.2 Å². The summed E-state index contributed by atoms with van der Waals surface area (Å²) >= 11 is 7.56. The van der Waals surface area contributed by atoms with Crippen LogP contribution in [0.15, 0.2) is 40.6 Å².